The molecule has 0 bridgehead atoms. The van der Waals surface area contributed by atoms with Crippen LogP contribution in [0.1, 0.15) is 16.7 Å². The quantitative estimate of drug-likeness (QED) is 0.525. The first-order valence-electron chi connectivity index (χ1n) is 11.6. The van der Waals surface area contributed by atoms with Gasteiger partial charge in [0.25, 0.3) is 0 Å². The summed E-state index contributed by atoms with van der Waals surface area (Å²) in [5.41, 5.74) is 27.8. The van der Waals surface area contributed by atoms with Gasteiger partial charge >= 0.3 is 0 Å². The van der Waals surface area contributed by atoms with E-state index in [0.29, 0.717) is 0 Å². The van der Waals surface area contributed by atoms with Gasteiger partial charge in [0.05, 0.1) is 0 Å². The van der Waals surface area contributed by atoms with Crippen LogP contribution in [0.15, 0.2) is 54.6 Å². The maximum atomic E-state index is 6.09. The number of hydrogen-bond acceptors (Lipinski definition) is 6. The number of nitrogen functional groups attached to an aromatic ring is 3. The molecule has 6 nitrogen and oxygen atoms in total. The highest BCUT2D eigenvalue weighted by atomic mass is 15.3. The van der Waals surface area contributed by atoms with Gasteiger partial charge in [0.2, 0.25) is 0 Å². The number of benzene rings is 3. The van der Waals surface area contributed by atoms with Crippen molar-refractivity contribution in [1.82, 2.24) is 0 Å². The van der Waals surface area contributed by atoms with Crippen molar-refractivity contribution in [3.8, 4) is 0 Å². The fourth-order valence-electron chi connectivity index (χ4n) is 4.40. The van der Waals surface area contributed by atoms with Crippen LogP contribution in [-0.2, 0) is 0 Å². The van der Waals surface area contributed by atoms with Gasteiger partial charge in [-0.15, -0.1) is 0 Å². The highest BCUT2D eigenvalue weighted by Gasteiger charge is 2.19. The first-order chi connectivity index (χ1) is 15.8. The van der Waals surface area contributed by atoms with Gasteiger partial charge in [0, 0.05) is 73.4 Å². The zero-order valence-electron chi connectivity index (χ0n) is 20.0. The maximum Gasteiger partial charge on any atom is 0.0371 e. The topological polar surface area (TPSA) is 87.8 Å². The molecule has 4 rings (SSSR count). The van der Waals surface area contributed by atoms with Crippen molar-refractivity contribution >= 4 is 34.1 Å². The summed E-state index contributed by atoms with van der Waals surface area (Å²) in [7, 11) is 0. The fraction of sp³-hybridized carbons (Fsp3) is 0.333. The Bertz CT molecular complexity index is 972. The smallest absolute Gasteiger partial charge is 0.0371 e. The third-order valence-electron chi connectivity index (χ3n) is 6.78. The molecule has 1 heterocycles. The molecule has 6 heteroatoms. The normalized spacial score (nSPS) is 15.2. The summed E-state index contributed by atoms with van der Waals surface area (Å²) in [6, 6.07) is 19.0. The zero-order valence-corrected chi connectivity index (χ0v) is 20.0. The molecule has 0 unspecified atom stereocenters. The van der Waals surface area contributed by atoms with Crippen molar-refractivity contribution in [1.29, 1.82) is 0 Å². The van der Waals surface area contributed by atoms with E-state index in [0.717, 1.165) is 73.0 Å². The Morgan fingerprint density at radius 2 is 0.697 bits per heavy atom. The predicted molar refractivity (Wildman–Crippen MR) is 143 cm³/mol. The molecule has 6 N–H and O–H groups in total. The van der Waals surface area contributed by atoms with Gasteiger partial charge in [-0.1, -0.05) is 0 Å². The minimum Gasteiger partial charge on any atom is -0.399 e. The lowest BCUT2D eigenvalue weighted by Crippen LogP contribution is -2.36. The Labute approximate surface area is 197 Å². The van der Waals surface area contributed by atoms with E-state index in [2.05, 4.69) is 71.9 Å². The summed E-state index contributed by atoms with van der Waals surface area (Å²) in [6.07, 6.45) is 0. The molecule has 0 radical (unpaired) electrons. The number of hydrogen-bond donors (Lipinski definition) is 3. The van der Waals surface area contributed by atoms with Gasteiger partial charge < -0.3 is 31.9 Å². The number of rotatable bonds is 3. The number of anilines is 6. The van der Waals surface area contributed by atoms with Crippen molar-refractivity contribution in [2.75, 3.05) is 71.2 Å². The van der Waals surface area contributed by atoms with Gasteiger partial charge in [0.15, 0.2) is 0 Å². The highest BCUT2D eigenvalue weighted by molar-refractivity contribution is 5.62. The van der Waals surface area contributed by atoms with Crippen LogP contribution in [-0.4, -0.2) is 39.3 Å². The van der Waals surface area contributed by atoms with Crippen molar-refractivity contribution < 1.29 is 0 Å². The molecule has 0 aliphatic carbocycles. The van der Waals surface area contributed by atoms with E-state index in [-0.39, 0.29) is 0 Å². The Balaban J connectivity index is 1.66. The lowest BCUT2D eigenvalue weighted by atomic mass is 10.1. The fourth-order valence-corrected chi connectivity index (χ4v) is 4.40. The van der Waals surface area contributed by atoms with Gasteiger partial charge in [-0.2, -0.15) is 0 Å². The molecule has 0 saturated carbocycles. The highest BCUT2D eigenvalue weighted by Crippen LogP contribution is 2.26. The summed E-state index contributed by atoms with van der Waals surface area (Å²) in [4.78, 5) is 7.39. The second-order valence-electron chi connectivity index (χ2n) is 9.08. The maximum absolute atomic E-state index is 6.09. The number of nitrogens with two attached hydrogens (primary N) is 3. The third kappa shape index (κ3) is 5.11. The van der Waals surface area contributed by atoms with Gasteiger partial charge in [-0.25, -0.2) is 0 Å². The lowest BCUT2D eigenvalue weighted by Gasteiger charge is -2.29. The standard InChI is InChI=1S/C27H36N6/c1-19-16-22(4-7-25(19)28)31-10-12-32(23-5-8-26(29)20(2)17-23)14-15-33(13-11-31)24-6-9-27(30)21(3)18-24/h4-9,16-18H,10-15,28-30H2,1-3H3. The monoisotopic (exact) mass is 444 g/mol. The van der Waals surface area contributed by atoms with Crippen LogP contribution in [0, 0.1) is 20.8 Å². The molecule has 1 aliphatic heterocycles. The van der Waals surface area contributed by atoms with Gasteiger partial charge in [-0.05, 0) is 92.1 Å². The average molecular weight is 445 g/mol. The largest absolute Gasteiger partial charge is 0.399 e. The molecule has 3 aromatic rings. The molecule has 1 saturated heterocycles. The van der Waals surface area contributed by atoms with Crippen LogP contribution in [0.3, 0.4) is 0 Å². The van der Waals surface area contributed by atoms with Gasteiger partial charge in [0.1, 0.15) is 0 Å². The second-order valence-corrected chi connectivity index (χ2v) is 9.08. The van der Waals surface area contributed by atoms with Crippen molar-refractivity contribution in [3.63, 3.8) is 0 Å². The Hall–Kier alpha value is -3.54. The predicted octanol–water partition coefficient (Wildman–Crippen LogP) is 4.19. The summed E-state index contributed by atoms with van der Waals surface area (Å²) < 4.78 is 0. The second kappa shape index (κ2) is 9.53. The molecule has 1 fully saturated rings. The summed E-state index contributed by atoms with van der Waals surface area (Å²) in [6.45, 7) is 11.8. The molecule has 0 atom stereocenters. The van der Waals surface area contributed by atoms with Crippen LogP contribution in [0.5, 0.6) is 0 Å². The van der Waals surface area contributed by atoms with Crippen molar-refractivity contribution in [3.05, 3.63) is 71.3 Å². The molecule has 174 valence electrons. The molecule has 0 aromatic heterocycles. The van der Waals surface area contributed by atoms with Crippen LogP contribution >= 0.6 is 0 Å². The van der Waals surface area contributed by atoms with E-state index in [1.54, 1.807) is 0 Å². The molecule has 33 heavy (non-hydrogen) atoms. The molecule has 0 spiro atoms. The molecular formula is C27H36N6. The van der Waals surface area contributed by atoms with E-state index in [1.165, 1.54) is 17.1 Å². The Morgan fingerprint density at radius 1 is 0.455 bits per heavy atom. The first-order valence-corrected chi connectivity index (χ1v) is 11.6. The van der Waals surface area contributed by atoms with Crippen LogP contribution in [0.2, 0.25) is 0 Å². The first kappa shape index (κ1) is 22.6. The van der Waals surface area contributed by atoms with Crippen LogP contribution in [0.4, 0.5) is 34.1 Å². The third-order valence-corrected chi connectivity index (χ3v) is 6.78. The van der Waals surface area contributed by atoms with E-state index in [1.807, 2.05) is 18.2 Å². The molecule has 0 amide bonds. The summed E-state index contributed by atoms with van der Waals surface area (Å²) in [5, 5.41) is 0. The summed E-state index contributed by atoms with van der Waals surface area (Å²) >= 11 is 0. The van der Waals surface area contributed by atoms with E-state index < -0.39 is 0 Å². The summed E-state index contributed by atoms with van der Waals surface area (Å²) in [5.74, 6) is 0. The van der Waals surface area contributed by atoms with Crippen LogP contribution < -0.4 is 31.9 Å². The number of aryl methyl sites for hydroxylation is 3. The molecular weight excluding hydrogens is 408 g/mol. The molecule has 1 aliphatic rings. The van der Waals surface area contributed by atoms with Crippen molar-refractivity contribution in [2.24, 2.45) is 0 Å². The van der Waals surface area contributed by atoms with Crippen molar-refractivity contribution in [2.45, 2.75) is 20.8 Å². The Kier molecular flexibility index (Phi) is 6.54. The van der Waals surface area contributed by atoms with Gasteiger partial charge in [-0.3, -0.25) is 0 Å². The zero-order chi connectivity index (χ0) is 23.5. The SMILES string of the molecule is Cc1cc(N2CCN(c3ccc(N)c(C)c3)CCN(c3ccc(N)c(C)c3)CC2)ccc1N. The molecule has 3 aromatic carbocycles. The van der Waals surface area contributed by atoms with E-state index in [9.17, 15) is 0 Å². The minimum absolute atomic E-state index is 0.834. The van der Waals surface area contributed by atoms with E-state index >= 15 is 0 Å². The average Bonchev–Trinajstić information content (AvgIpc) is 2.90. The number of nitrogens with zero attached hydrogens (tertiary/aromatic N) is 3. The minimum atomic E-state index is 0.834. The van der Waals surface area contributed by atoms with E-state index in [4.69, 9.17) is 17.2 Å². The Morgan fingerprint density at radius 3 is 0.909 bits per heavy atom. The lowest BCUT2D eigenvalue weighted by molar-refractivity contribution is 0.766. The van der Waals surface area contributed by atoms with Crippen LogP contribution in [0.25, 0.3) is 0 Å².